The van der Waals surface area contributed by atoms with Crippen LogP contribution in [0.1, 0.15) is 35.4 Å². The van der Waals surface area contributed by atoms with Crippen molar-refractivity contribution in [2.75, 3.05) is 19.4 Å². The molecule has 0 saturated carbocycles. The molecule has 0 spiro atoms. The minimum absolute atomic E-state index is 0.0481. The zero-order valence-corrected chi connectivity index (χ0v) is 18.4. The summed E-state index contributed by atoms with van der Waals surface area (Å²) in [6.07, 6.45) is 7.86. The maximum Gasteiger partial charge on any atom is 0.253 e. The van der Waals surface area contributed by atoms with Gasteiger partial charge in [0.25, 0.3) is 5.78 Å². The summed E-state index contributed by atoms with van der Waals surface area (Å²) in [7, 11) is 0. The summed E-state index contributed by atoms with van der Waals surface area (Å²) in [5.41, 5.74) is 3.62. The van der Waals surface area contributed by atoms with Gasteiger partial charge in [-0.05, 0) is 44.6 Å². The first-order valence-electron chi connectivity index (χ1n) is 10.1. The lowest BCUT2D eigenvalue weighted by atomic mass is 10.1. The Balaban J connectivity index is 1.59. The number of nitrogens with zero attached hydrogens (tertiary/aromatic N) is 6. The fourth-order valence-corrected chi connectivity index (χ4v) is 4.13. The maximum absolute atomic E-state index is 13.4. The molecular weight excluding hydrogens is 400 g/mol. The van der Waals surface area contributed by atoms with Crippen molar-refractivity contribution >= 4 is 23.4 Å². The third kappa shape index (κ3) is 4.46. The molecule has 0 aromatic carbocycles. The molecule has 4 heterocycles. The van der Waals surface area contributed by atoms with Crippen molar-refractivity contribution in [3.8, 4) is 0 Å². The highest BCUT2D eigenvalue weighted by molar-refractivity contribution is 7.98. The quantitative estimate of drug-likeness (QED) is 0.537. The zero-order valence-electron chi connectivity index (χ0n) is 17.5. The molecule has 0 N–H and O–H groups in total. The molecule has 1 fully saturated rings. The number of ether oxygens (including phenoxy) is 1. The van der Waals surface area contributed by atoms with Crippen LogP contribution in [0, 0.1) is 13.8 Å². The van der Waals surface area contributed by atoms with E-state index in [0.717, 1.165) is 42.0 Å². The highest BCUT2D eigenvalue weighted by Crippen LogP contribution is 2.20. The number of aromatic nitrogens is 5. The molecule has 1 unspecified atom stereocenters. The number of amides is 1. The third-order valence-electron chi connectivity index (χ3n) is 5.44. The van der Waals surface area contributed by atoms with Gasteiger partial charge in [-0.15, -0.1) is 5.10 Å². The topological polar surface area (TPSA) is 85.5 Å². The average Bonchev–Trinajstić information content (AvgIpc) is 3.41. The second kappa shape index (κ2) is 9.09. The summed E-state index contributed by atoms with van der Waals surface area (Å²) in [6.45, 7) is 5.76. The lowest BCUT2D eigenvalue weighted by Crippen LogP contribution is -2.38. The van der Waals surface area contributed by atoms with Gasteiger partial charge < -0.3 is 9.64 Å². The predicted molar refractivity (Wildman–Crippen MR) is 114 cm³/mol. The van der Waals surface area contributed by atoms with Gasteiger partial charge in [-0.1, -0.05) is 17.8 Å². The van der Waals surface area contributed by atoms with Gasteiger partial charge >= 0.3 is 0 Å². The second-order valence-corrected chi connectivity index (χ2v) is 8.29. The van der Waals surface area contributed by atoms with Gasteiger partial charge in [0.05, 0.1) is 12.5 Å². The predicted octanol–water partition coefficient (Wildman–Crippen LogP) is 2.61. The molecule has 158 valence electrons. The molecule has 0 aliphatic carbocycles. The van der Waals surface area contributed by atoms with Crippen LogP contribution in [0.15, 0.2) is 29.7 Å². The van der Waals surface area contributed by atoms with Gasteiger partial charge in [0, 0.05) is 49.0 Å². The Morgan fingerprint density at radius 1 is 1.37 bits per heavy atom. The standard InChI is InChI=1S/C21H26N6O2S/c1-14-18(15(2)27-20(23-14)24-21(25-27)30-3)10-19(28)26(13-17-7-5-9-29-17)12-16-6-4-8-22-11-16/h4,6,8,11,17H,5,7,9-10,12-13H2,1-3H3. The number of hydrogen-bond donors (Lipinski definition) is 0. The monoisotopic (exact) mass is 426 g/mol. The van der Waals surface area contributed by atoms with Gasteiger partial charge in [-0.3, -0.25) is 9.78 Å². The van der Waals surface area contributed by atoms with Crippen LogP contribution >= 0.6 is 11.8 Å². The van der Waals surface area contributed by atoms with E-state index < -0.39 is 0 Å². The Morgan fingerprint density at radius 2 is 2.23 bits per heavy atom. The molecule has 1 aliphatic heterocycles. The van der Waals surface area contributed by atoms with Crippen molar-refractivity contribution in [1.29, 1.82) is 0 Å². The van der Waals surface area contributed by atoms with E-state index >= 15 is 0 Å². The first kappa shape index (κ1) is 20.7. The van der Waals surface area contributed by atoms with E-state index in [1.807, 2.05) is 37.1 Å². The smallest absolute Gasteiger partial charge is 0.253 e. The molecule has 3 aromatic rings. The Hall–Kier alpha value is -2.52. The molecule has 8 nitrogen and oxygen atoms in total. The molecule has 4 rings (SSSR count). The second-order valence-electron chi connectivity index (χ2n) is 7.52. The Kier molecular flexibility index (Phi) is 6.29. The molecule has 1 atom stereocenters. The molecule has 30 heavy (non-hydrogen) atoms. The fraction of sp³-hybridized carbons (Fsp3) is 0.476. The zero-order chi connectivity index (χ0) is 21.1. The molecule has 1 amide bonds. The molecule has 1 aliphatic rings. The Bertz CT molecular complexity index is 1030. The van der Waals surface area contributed by atoms with Crippen molar-refractivity contribution in [1.82, 2.24) is 29.5 Å². The van der Waals surface area contributed by atoms with E-state index in [1.54, 1.807) is 16.9 Å². The number of aryl methyl sites for hydroxylation is 2. The van der Waals surface area contributed by atoms with Gasteiger partial charge in [-0.25, -0.2) is 9.50 Å². The maximum atomic E-state index is 13.4. The number of pyridine rings is 1. The van der Waals surface area contributed by atoms with E-state index in [4.69, 9.17) is 4.74 Å². The molecule has 0 bridgehead atoms. The Morgan fingerprint density at radius 3 is 2.93 bits per heavy atom. The summed E-state index contributed by atoms with van der Waals surface area (Å²) in [6, 6.07) is 3.89. The van der Waals surface area contributed by atoms with Crippen molar-refractivity contribution in [2.45, 2.75) is 50.9 Å². The fourth-order valence-electron chi connectivity index (χ4n) is 3.80. The first-order chi connectivity index (χ1) is 14.5. The number of carbonyl (C=O) groups excluding carboxylic acids is 1. The largest absolute Gasteiger partial charge is 0.376 e. The average molecular weight is 427 g/mol. The molecule has 0 radical (unpaired) electrons. The molecule has 1 saturated heterocycles. The molecular formula is C21H26N6O2S. The number of carbonyl (C=O) groups is 1. The lowest BCUT2D eigenvalue weighted by Gasteiger charge is -2.26. The van der Waals surface area contributed by atoms with Crippen molar-refractivity contribution in [3.05, 3.63) is 47.0 Å². The third-order valence-corrected chi connectivity index (χ3v) is 5.98. The summed E-state index contributed by atoms with van der Waals surface area (Å²) < 4.78 is 7.52. The number of hydrogen-bond acceptors (Lipinski definition) is 7. The van der Waals surface area contributed by atoms with Crippen LogP contribution in [-0.2, 0) is 22.5 Å². The summed E-state index contributed by atoms with van der Waals surface area (Å²) in [5, 5.41) is 5.16. The van der Waals surface area contributed by atoms with E-state index in [0.29, 0.717) is 24.0 Å². The number of fused-ring (bicyclic) bond motifs is 1. The van der Waals surface area contributed by atoms with Crippen molar-refractivity contribution < 1.29 is 9.53 Å². The minimum Gasteiger partial charge on any atom is -0.376 e. The van der Waals surface area contributed by atoms with Crippen LogP contribution in [0.5, 0.6) is 0 Å². The van der Waals surface area contributed by atoms with Gasteiger partial charge in [0.15, 0.2) is 0 Å². The van der Waals surface area contributed by atoms with Gasteiger partial charge in [0.2, 0.25) is 11.1 Å². The van der Waals surface area contributed by atoms with E-state index in [2.05, 4.69) is 20.1 Å². The van der Waals surface area contributed by atoms with Crippen LogP contribution in [0.25, 0.3) is 5.78 Å². The van der Waals surface area contributed by atoms with E-state index in [9.17, 15) is 4.79 Å². The van der Waals surface area contributed by atoms with Crippen LogP contribution in [0.2, 0.25) is 0 Å². The molecule has 9 heteroatoms. The van der Waals surface area contributed by atoms with Crippen molar-refractivity contribution in [2.24, 2.45) is 0 Å². The highest BCUT2D eigenvalue weighted by Gasteiger charge is 2.25. The van der Waals surface area contributed by atoms with Gasteiger partial charge in [-0.2, -0.15) is 4.98 Å². The van der Waals surface area contributed by atoms with Crippen LogP contribution < -0.4 is 0 Å². The lowest BCUT2D eigenvalue weighted by molar-refractivity contribution is -0.132. The van der Waals surface area contributed by atoms with Gasteiger partial charge in [0.1, 0.15) is 0 Å². The Labute approximate surface area is 180 Å². The SMILES string of the molecule is CSc1nc2nc(C)c(CC(=O)N(Cc3cccnc3)CC3CCCO3)c(C)n2n1. The normalized spacial score (nSPS) is 16.3. The van der Waals surface area contributed by atoms with Crippen LogP contribution in [0.3, 0.4) is 0 Å². The summed E-state index contributed by atoms with van der Waals surface area (Å²) >= 11 is 1.47. The van der Waals surface area contributed by atoms with E-state index in [-0.39, 0.29) is 18.4 Å². The number of rotatable bonds is 7. The first-order valence-corrected chi connectivity index (χ1v) is 11.3. The van der Waals surface area contributed by atoms with Crippen LogP contribution in [-0.4, -0.2) is 60.9 Å². The minimum atomic E-state index is 0.0481. The molecule has 3 aromatic heterocycles. The highest BCUT2D eigenvalue weighted by atomic mass is 32.2. The van der Waals surface area contributed by atoms with Crippen LogP contribution in [0.4, 0.5) is 0 Å². The number of thioether (sulfide) groups is 1. The van der Waals surface area contributed by atoms with Crippen molar-refractivity contribution in [3.63, 3.8) is 0 Å². The summed E-state index contributed by atoms with van der Waals surface area (Å²) in [5.74, 6) is 0.615. The van der Waals surface area contributed by atoms with E-state index in [1.165, 1.54) is 11.8 Å². The summed E-state index contributed by atoms with van der Waals surface area (Å²) in [4.78, 5) is 28.4.